The average Bonchev–Trinajstić information content (AvgIpc) is 3.12. The predicted octanol–water partition coefficient (Wildman–Crippen LogP) is 3.61. The Morgan fingerprint density at radius 2 is 2.00 bits per heavy atom. The van der Waals surface area contributed by atoms with Crippen LogP contribution in [-0.4, -0.2) is 11.2 Å². The summed E-state index contributed by atoms with van der Waals surface area (Å²) in [7, 11) is 0. The van der Waals surface area contributed by atoms with Crippen molar-refractivity contribution in [3.05, 3.63) is 41.6 Å². The molecule has 0 atom stereocenters. The van der Waals surface area contributed by atoms with Gasteiger partial charge in [0.05, 0.1) is 11.3 Å². The van der Waals surface area contributed by atoms with E-state index in [1.165, 1.54) is 12.1 Å². The summed E-state index contributed by atoms with van der Waals surface area (Å²) in [6.45, 7) is 0.516. The van der Waals surface area contributed by atoms with Crippen LogP contribution in [0.5, 0.6) is 0 Å². The third kappa shape index (κ3) is 2.85. The van der Waals surface area contributed by atoms with Gasteiger partial charge in [-0.2, -0.15) is 13.2 Å². The van der Waals surface area contributed by atoms with Crippen LogP contribution < -0.4 is 5.32 Å². The number of hydrogen-bond acceptors (Lipinski definition) is 3. The second-order valence-electron chi connectivity index (χ2n) is 4.88. The van der Waals surface area contributed by atoms with Crippen molar-refractivity contribution in [2.75, 3.05) is 0 Å². The first kappa shape index (κ1) is 13.2. The van der Waals surface area contributed by atoms with Crippen molar-refractivity contribution in [2.24, 2.45) is 0 Å². The minimum absolute atomic E-state index is 0.0187. The van der Waals surface area contributed by atoms with Crippen LogP contribution in [0.15, 0.2) is 34.9 Å². The molecule has 1 heterocycles. The standard InChI is InChI=1S/C14H13F3N2O/c15-14(16,17)12-4-2-1-3-11(12)13-7-10(19-20-13)8-18-9-5-6-9/h1-4,7,9,18H,5-6,8H2. The van der Waals surface area contributed by atoms with Crippen LogP contribution in [0.25, 0.3) is 11.3 Å². The summed E-state index contributed by atoms with van der Waals surface area (Å²) in [5.74, 6) is 0.144. The Hall–Kier alpha value is -1.82. The molecule has 20 heavy (non-hydrogen) atoms. The van der Waals surface area contributed by atoms with Crippen molar-refractivity contribution in [3.63, 3.8) is 0 Å². The van der Waals surface area contributed by atoms with Crippen LogP contribution >= 0.6 is 0 Å². The third-order valence-corrected chi connectivity index (χ3v) is 3.21. The number of nitrogens with one attached hydrogen (secondary N) is 1. The van der Waals surface area contributed by atoms with E-state index >= 15 is 0 Å². The molecule has 1 aromatic heterocycles. The van der Waals surface area contributed by atoms with Crippen LogP contribution in [0.4, 0.5) is 13.2 Å². The molecule has 1 aliphatic carbocycles. The molecule has 1 aliphatic rings. The number of rotatable bonds is 4. The molecule has 106 valence electrons. The second-order valence-corrected chi connectivity index (χ2v) is 4.88. The lowest BCUT2D eigenvalue weighted by molar-refractivity contribution is -0.137. The van der Waals surface area contributed by atoms with Gasteiger partial charge in [0.2, 0.25) is 0 Å². The molecular formula is C14H13F3N2O. The Morgan fingerprint density at radius 3 is 2.70 bits per heavy atom. The molecule has 0 spiro atoms. The summed E-state index contributed by atoms with van der Waals surface area (Å²) in [6, 6.07) is 7.41. The number of aromatic nitrogens is 1. The predicted molar refractivity (Wildman–Crippen MR) is 66.8 cm³/mol. The maximum absolute atomic E-state index is 12.9. The van der Waals surface area contributed by atoms with Crippen molar-refractivity contribution in [3.8, 4) is 11.3 Å². The molecule has 3 rings (SSSR count). The first-order valence-electron chi connectivity index (χ1n) is 6.39. The van der Waals surface area contributed by atoms with Gasteiger partial charge in [0.15, 0.2) is 5.76 Å². The van der Waals surface area contributed by atoms with Gasteiger partial charge in [-0.25, -0.2) is 0 Å². The lowest BCUT2D eigenvalue weighted by Crippen LogP contribution is -2.15. The molecular weight excluding hydrogens is 269 g/mol. The van der Waals surface area contributed by atoms with Crippen molar-refractivity contribution in [2.45, 2.75) is 31.6 Å². The Morgan fingerprint density at radius 1 is 1.25 bits per heavy atom. The molecule has 6 heteroatoms. The molecule has 0 radical (unpaired) electrons. The normalized spacial score (nSPS) is 15.6. The Bertz CT molecular complexity index is 602. The summed E-state index contributed by atoms with van der Waals surface area (Å²) >= 11 is 0. The molecule has 1 N–H and O–H groups in total. The second kappa shape index (κ2) is 4.94. The zero-order valence-electron chi connectivity index (χ0n) is 10.6. The molecule has 3 nitrogen and oxygen atoms in total. The summed E-state index contributed by atoms with van der Waals surface area (Å²) in [4.78, 5) is 0. The van der Waals surface area contributed by atoms with E-state index in [2.05, 4.69) is 10.5 Å². The summed E-state index contributed by atoms with van der Waals surface area (Å²) in [5, 5.41) is 7.05. The molecule has 0 bridgehead atoms. The molecule has 0 saturated heterocycles. The van der Waals surface area contributed by atoms with Crippen molar-refractivity contribution < 1.29 is 17.7 Å². The Labute approximate surface area is 113 Å². The number of halogens is 3. The van der Waals surface area contributed by atoms with Gasteiger partial charge in [-0.15, -0.1) is 0 Å². The number of benzene rings is 1. The van der Waals surface area contributed by atoms with E-state index in [0.29, 0.717) is 18.3 Å². The molecule has 0 amide bonds. The zero-order chi connectivity index (χ0) is 14.2. The van der Waals surface area contributed by atoms with E-state index in [9.17, 15) is 13.2 Å². The summed E-state index contributed by atoms with van der Waals surface area (Å²) < 4.78 is 43.8. The molecule has 1 fully saturated rings. The molecule has 1 saturated carbocycles. The first-order chi connectivity index (χ1) is 9.54. The van der Waals surface area contributed by atoms with E-state index in [4.69, 9.17) is 4.52 Å². The molecule has 1 aromatic carbocycles. The van der Waals surface area contributed by atoms with Crippen molar-refractivity contribution in [1.29, 1.82) is 0 Å². The fraction of sp³-hybridized carbons (Fsp3) is 0.357. The average molecular weight is 282 g/mol. The quantitative estimate of drug-likeness (QED) is 0.931. The van der Waals surface area contributed by atoms with Crippen LogP contribution in [0.1, 0.15) is 24.1 Å². The van der Waals surface area contributed by atoms with Gasteiger partial charge < -0.3 is 9.84 Å². The third-order valence-electron chi connectivity index (χ3n) is 3.21. The number of hydrogen-bond donors (Lipinski definition) is 1. The van der Waals surface area contributed by atoms with E-state index in [0.717, 1.165) is 18.9 Å². The van der Waals surface area contributed by atoms with E-state index in [-0.39, 0.29) is 11.3 Å². The maximum Gasteiger partial charge on any atom is 0.417 e. The van der Waals surface area contributed by atoms with Gasteiger partial charge in [-0.05, 0) is 18.9 Å². The van der Waals surface area contributed by atoms with Crippen LogP contribution in [0, 0.1) is 0 Å². The van der Waals surface area contributed by atoms with Crippen LogP contribution in [-0.2, 0) is 12.7 Å². The summed E-state index contributed by atoms with van der Waals surface area (Å²) in [5.41, 5.74) is -0.0769. The van der Waals surface area contributed by atoms with Gasteiger partial charge in [0.25, 0.3) is 0 Å². The monoisotopic (exact) mass is 282 g/mol. The summed E-state index contributed by atoms with van der Waals surface area (Å²) in [6.07, 6.45) is -2.13. The highest BCUT2D eigenvalue weighted by Gasteiger charge is 2.34. The molecule has 0 unspecified atom stereocenters. The van der Waals surface area contributed by atoms with Gasteiger partial charge in [-0.3, -0.25) is 0 Å². The highest BCUT2D eigenvalue weighted by Crippen LogP contribution is 2.37. The van der Waals surface area contributed by atoms with E-state index in [1.807, 2.05) is 0 Å². The number of alkyl halides is 3. The van der Waals surface area contributed by atoms with Crippen molar-refractivity contribution >= 4 is 0 Å². The SMILES string of the molecule is FC(F)(F)c1ccccc1-c1cc(CNC2CC2)no1. The smallest absolute Gasteiger partial charge is 0.356 e. The van der Waals surface area contributed by atoms with Crippen LogP contribution in [0.2, 0.25) is 0 Å². The maximum atomic E-state index is 12.9. The number of nitrogens with zero attached hydrogens (tertiary/aromatic N) is 1. The van der Waals surface area contributed by atoms with E-state index in [1.54, 1.807) is 12.1 Å². The first-order valence-corrected chi connectivity index (χ1v) is 6.39. The van der Waals surface area contributed by atoms with Crippen LogP contribution in [0.3, 0.4) is 0 Å². The Balaban J connectivity index is 1.85. The highest BCUT2D eigenvalue weighted by molar-refractivity contribution is 5.63. The van der Waals surface area contributed by atoms with Gasteiger partial charge in [-0.1, -0.05) is 23.4 Å². The van der Waals surface area contributed by atoms with Crippen molar-refractivity contribution in [1.82, 2.24) is 10.5 Å². The molecule has 0 aliphatic heterocycles. The fourth-order valence-electron chi connectivity index (χ4n) is 2.00. The minimum atomic E-state index is -4.41. The zero-order valence-corrected chi connectivity index (χ0v) is 10.6. The van der Waals surface area contributed by atoms with E-state index < -0.39 is 11.7 Å². The Kier molecular flexibility index (Phi) is 3.25. The van der Waals surface area contributed by atoms with Gasteiger partial charge in [0, 0.05) is 24.2 Å². The van der Waals surface area contributed by atoms with Gasteiger partial charge >= 0.3 is 6.18 Å². The van der Waals surface area contributed by atoms with Gasteiger partial charge in [0.1, 0.15) is 0 Å². The highest BCUT2D eigenvalue weighted by atomic mass is 19.4. The molecule has 2 aromatic rings. The topological polar surface area (TPSA) is 38.1 Å². The lowest BCUT2D eigenvalue weighted by atomic mass is 10.0. The lowest BCUT2D eigenvalue weighted by Gasteiger charge is -2.09. The largest absolute Gasteiger partial charge is 0.417 e. The minimum Gasteiger partial charge on any atom is -0.356 e. The fourth-order valence-corrected chi connectivity index (χ4v) is 2.00.